The summed E-state index contributed by atoms with van der Waals surface area (Å²) in [5.74, 6) is 1.68. The number of ether oxygens (including phenoxy) is 1. The summed E-state index contributed by atoms with van der Waals surface area (Å²) in [6.07, 6.45) is 7.16. The number of piperidine rings is 1. The first-order valence-corrected chi connectivity index (χ1v) is 12.0. The van der Waals surface area contributed by atoms with Gasteiger partial charge in [0.1, 0.15) is 5.75 Å². The second-order valence-electron chi connectivity index (χ2n) is 8.85. The van der Waals surface area contributed by atoms with Crippen molar-refractivity contribution in [3.8, 4) is 28.3 Å². The lowest BCUT2D eigenvalue weighted by atomic mass is 9.88. The molecule has 0 spiro atoms. The molecular formula is C29H28N4O2. The predicted molar refractivity (Wildman–Crippen MR) is 136 cm³/mol. The molecule has 6 nitrogen and oxygen atoms in total. The van der Waals surface area contributed by atoms with Crippen LogP contribution < -0.4 is 4.74 Å². The highest BCUT2D eigenvalue weighted by Gasteiger charge is 2.27. The van der Waals surface area contributed by atoms with E-state index in [0.29, 0.717) is 24.7 Å². The number of aromatic nitrogens is 3. The molecule has 0 bridgehead atoms. The molecule has 0 unspecified atom stereocenters. The Morgan fingerprint density at radius 1 is 0.971 bits per heavy atom. The lowest BCUT2D eigenvalue weighted by molar-refractivity contribution is -0.134. The molecule has 5 rings (SSSR count). The summed E-state index contributed by atoms with van der Waals surface area (Å²) in [6.45, 7) is 3.52. The summed E-state index contributed by atoms with van der Waals surface area (Å²) in [6, 6.07) is 21.8. The minimum absolute atomic E-state index is 0.0198. The number of carbonyl (C=O) groups excluding carboxylic acids is 1. The fraction of sp³-hybridized carbons (Fsp3) is 0.241. The van der Waals surface area contributed by atoms with Crippen LogP contribution in [0.4, 0.5) is 0 Å². The van der Waals surface area contributed by atoms with Gasteiger partial charge in [-0.3, -0.25) is 9.78 Å². The molecule has 176 valence electrons. The highest BCUT2D eigenvalue weighted by molar-refractivity contribution is 5.78. The average molecular weight is 465 g/mol. The van der Waals surface area contributed by atoms with Crippen molar-refractivity contribution in [2.24, 2.45) is 0 Å². The van der Waals surface area contributed by atoms with Gasteiger partial charge < -0.3 is 9.64 Å². The topological polar surface area (TPSA) is 68.2 Å². The van der Waals surface area contributed by atoms with Crippen LogP contribution in [0.15, 0.2) is 85.3 Å². The zero-order chi connectivity index (χ0) is 24.0. The zero-order valence-corrected chi connectivity index (χ0v) is 19.8. The van der Waals surface area contributed by atoms with E-state index in [4.69, 9.17) is 9.72 Å². The van der Waals surface area contributed by atoms with E-state index >= 15 is 0 Å². The van der Waals surface area contributed by atoms with Gasteiger partial charge in [0, 0.05) is 48.7 Å². The van der Waals surface area contributed by atoms with Crippen molar-refractivity contribution in [3.63, 3.8) is 0 Å². The van der Waals surface area contributed by atoms with Crippen molar-refractivity contribution in [2.75, 3.05) is 19.7 Å². The first-order chi connectivity index (χ1) is 17.2. The molecule has 0 atom stereocenters. The van der Waals surface area contributed by atoms with Crippen LogP contribution in [-0.2, 0) is 4.79 Å². The lowest BCUT2D eigenvalue weighted by Gasteiger charge is -2.32. The minimum Gasteiger partial charge on any atom is -0.484 e. The Balaban J connectivity index is 1.35. The Hall–Kier alpha value is -4.06. The van der Waals surface area contributed by atoms with Crippen LogP contribution in [0.2, 0.25) is 0 Å². The molecule has 2 aromatic heterocycles. The van der Waals surface area contributed by atoms with Crippen molar-refractivity contribution >= 4 is 5.91 Å². The van der Waals surface area contributed by atoms with Crippen LogP contribution >= 0.6 is 0 Å². The van der Waals surface area contributed by atoms with E-state index in [-0.39, 0.29) is 18.4 Å². The molecule has 0 radical (unpaired) electrons. The predicted octanol–water partition coefficient (Wildman–Crippen LogP) is 5.30. The molecule has 2 aromatic carbocycles. The molecule has 6 heteroatoms. The summed E-state index contributed by atoms with van der Waals surface area (Å²) in [7, 11) is 0. The Morgan fingerprint density at radius 3 is 2.49 bits per heavy atom. The highest BCUT2D eigenvalue weighted by atomic mass is 16.5. The van der Waals surface area contributed by atoms with Gasteiger partial charge in [0.05, 0.1) is 5.69 Å². The SMILES string of the molecule is Cc1cccc(-c2cnc(-c3ccncc3)nc2C2CCN(C(=O)COc3ccccc3)CC2)c1. The zero-order valence-electron chi connectivity index (χ0n) is 19.8. The minimum atomic E-state index is 0.0198. The first kappa shape index (κ1) is 22.7. The van der Waals surface area contributed by atoms with E-state index in [2.05, 4.69) is 41.2 Å². The van der Waals surface area contributed by atoms with E-state index in [1.54, 1.807) is 12.4 Å². The highest BCUT2D eigenvalue weighted by Crippen LogP contribution is 2.35. The average Bonchev–Trinajstić information content (AvgIpc) is 2.92. The molecular weight excluding hydrogens is 436 g/mol. The maximum Gasteiger partial charge on any atom is 0.260 e. The van der Waals surface area contributed by atoms with Crippen molar-refractivity contribution in [3.05, 3.63) is 96.6 Å². The monoisotopic (exact) mass is 464 g/mol. The van der Waals surface area contributed by atoms with Gasteiger partial charge in [-0.15, -0.1) is 0 Å². The van der Waals surface area contributed by atoms with Crippen molar-refractivity contribution < 1.29 is 9.53 Å². The Morgan fingerprint density at radius 2 is 1.74 bits per heavy atom. The van der Waals surface area contributed by atoms with E-state index in [1.807, 2.05) is 53.6 Å². The third-order valence-electron chi connectivity index (χ3n) is 6.43. The van der Waals surface area contributed by atoms with E-state index in [0.717, 1.165) is 35.2 Å². The van der Waals surface area contributed by atoms with Gasteiger partial charge in [0.25, 0.3) is 5.91 Å². The third-order valence-corrected chi connectivity index (χ3v) is 6.43. The van der Waals surface area contributed by atoms with Gasteiger partial charge in [0.2, 0.25) is 0 Å². The molecule has 35 heavy (non-hydrogen) atoms. The third kappa shape index (κ3) is 5.38. The number of para-hydroxylation sites is 1. The van der Waals surface area contributed by atoms with Gasteiger partial charge >= 0.3 is 0 Å². The Kier molecular flexibility index (Phi) is 6.80. The standard InChI is InChI=1S/C29H28N4O2/c1-21-6-5-7-24(18-21)26-19-31-29(23-10-14-30-15-11-23)32-28(26)22-12-16-33(17-13-22)27(34)20-35-25-8-3-2-4-9-25/h2-11,14-15,18-19,22H,12-13,16-17,20H2,1H3. The molecule has 0 aliphatic carbocycles. The van der Waals surface area contributed by atoms with Crippen molar-refractivity contribution in [1.82, 2.24) is 19.9 Å². The number of amides is 1. The number of hydrogen-bond acceptors (Lipinski definition) is 5. The number of hydrogen-bond donors (Lipinski definition) is 0. The number of aryl methyl sites for hydroxylation is 1. The smallest absolute Gasteiger partial charge is 0.260 e. The quantitative estimate of drug-likeness (QED) is 0.387. The van der Waals surface area contributed by atoms with Crippen molar-refractivity contribution in [1.29, 1.82) is 0 Å². The van der Waals surface area contributed by atoms with Gasteiger partial charge in [-0.1, -0.05) is 48.0 Å². The van der Waals surface area contributed by atoms with E-state index in [1.165, 1.54) is 5.56 Å². The molecule has 1 amide bonds. The summed E-state index contributed by atoms with van der Waals surface area (Å²) < 4.78 is 5.67. The molecule has 3 heterocycles. The second kappa shape index (κ2) is 10.5. The largest absolute Gasteiger partial charge is 0.484 e. The van der Waals surface area contributed by atoms with Crippen LogP contribution in [0.1, 0.15) is 30.0 Å². The first-order valence-electron chi connectivity index (χ1n) is 12.0. The van der Waals surface area contributed by atoms with Gasteiger partial charge in [-0.2, -0.15) is 0 Å². The maximum absolute atomic E-state index is 12.7. The molecule has 1 saturated heterocycles. The fourth-order valence-corrected chi connectivity index (χ4v) is 4.54. The Bertz CT molecular complexity index is 1290. The molecule has 1 fully saturated rings. The lowest BCUT2D eigenvalue weighted by Crippen LogP contribution is -2.40. The number of likely N-dealkylation sites (tertiary alicyclic amines) is 1. The summed E-state index contributed by atoms with van der Waals surface area (Å²) in [5.41, 5.74) is 5.37. The van der Waals surface area contributed by atoms with Crippen LogP contribution in [0.5, 0.6) is 5.75 Å². The van der Waals surface area contributed by atoms with Crippen LogP contribution in [0.25, 0.3) is 22.5 Å². The van der Waals surface area contributed by atoms with E-state index in [9.17, 15) is 4.79 Å². The fourth-order valence-electron chi connectivity index (χ4n) is 4.54. The van der Waals surface area contributed by atoms with Gasteiger partial charge in [-0.25, -0.2) is 9.97 Å². The molecule has 0 N–H and O–H groups in total. The van der Waals surface area contributed by atoms with Gasteiger partial charge in [0.15, 0.2) is 12.4 Å². The Labute approximate surface area is 205 Å². The number of carbonyl (C=O) groups is 1. The van der Waals surface area contributed by atoms with Crippen LogP contribution in [0.3, 0.4) is 0 Å². The molecule has 0 saturated carbocycles. The number of nitrogens with zero attached hydrogens (tertiary/aromatic N) is 4. The van der Waals surface area contributed by atoms with Crippen LogP contribution in [0, 0.1) is 6.92 Å². The van der Waals surface area contributed by atoms with Crippen LogP contribution in [-0.4, -0.2) is 45.5 Å². The van der Waals surface area contributed by atoms with E-state index < -0.39 is 0 Å². The number of pyridine rings is 1. The number of benzene rings is 2. The summed E-state index contributed by atoms with van der Waals surface area (Å²) in [4.78, 5) is 28.5. The van der Waals surface area contributed by atoms with Crippen molar-refractivity contribution in [2.45, 2.75) is 25.7 Å². The molecule has 4 aromatic rings. The molecule has 1 aliphatic rings. The summed E-state index contributed by atoms with van der Waals surface area (Å²) in [5, 5.41) is 0. The number of rotatable bonds is 6. The van der Waals surface area contributed by atoms with Gasteiger partial charge in [-0.05, 0) is 49.6 Å². The summed E-state index contributed by atoms with van der Waals surface area (Å²) >= 11 is 0. The normalized spacial score (nSPS) is 14.0. The maximum atomic E-state index is 12.7. The molecule has 1 aliphatic heterocycles. The second-order valence-corrected chi connectivity index (χ2v) is 8.85.